The molecule has 2 saturated carbocycles. The molecule has 0 saturated heterocycles. The summed E-state index contributed by atoms with van der Waals surface area (Å²) < 4.78 is 6.03. The van der Waals surface area contributed by atoms with Crippen LogP contribution < -0.4 is 0 Å². The molecule has 0 bridgehead atoms. The van der Waals surface area contributed by atoms with E-state index in [0.29, 0.717) is 10.8 Å². The van der Waals surface area contributed by atoms with E-state index < -0.39 is 0 Å². The number of rotatable bonds is 2. The molecule has 2 fully saturated rings. The van der Waals surface area contributed by atoms with Crippen molar-refractivity contribution in [1.82, 2.24) is 0 Å². The quantitative estimate of drug-likeness (QED) is 0.646. The van der Waals surface area contributed by atoms with Crippen molar-refractivity contribution in [2.75, 3.05) is 0 Å². The third kappa shape index (κ3) is 1.18. The van der Waals surface area contributed by atoms with E-state index >= 15 is 0 Å². The first-order valence-corrected chi connectivity index (χ1v) is 5.57. The zero-order valence-electron chi connectivity index (χ0n) is 8.97. The Morgan fingerprint density at radius 3 is 1.71 bits per heavy atom. The second-order valence-electron chi connectivity index (χ2n) is 5.48. The van der Waals surface area contributed by atoms with E-state index in [2.05, 4.69) is 32.0 Å². The predicted octanol–water partition coefficient (Wildman–Crippen LogP) is 3.66. The van der Waals surface area contributed by atoms with Gasteiger partial charge < -0.3 is 0 Å². The van der Waals surface area contributed by atoms with Gasteiger partial charge in [0.1, 0.15) is 0 Å². The number of hydrogen-bond donors (Lipinski definition) is 0. The van der Waals surface area contributed by atoms with Crippen LogP contribution in [-0.2, 0) is 10.8 Å². The maximum Gasteiger partial charge on any atom is 0.335 e. The standard InChI is InChI=1S/C13H17O/c1-12(6-7-12)10-4-3-5-11(14-10)13(2)8-9-13/h3-5H,6-9H2,1-2H3/q+1. The fourth-order valence-corrected chi connectivity index (χ4v) is 1.93. The minimum atomic E-state index is 0.362. The second-order valence-corrected chi connectivity index (χ2v) is 5.48. The molecule has 3 rings (SSSR count). The van der Waals surface area contributed by atoms with Crippen LogP contribution in [0.5, 0.6) is 0 Å². The van der Waals surface area contributed by atoms with Crippen molar-refractivity contribution >= 4 is 0 Å². The normalized spacial score (nSPS) is 25.9. The summed E-state index contributed by atoms with van der Waals surface area (Å²) in [5, 5.41) is 0. The Balaban J connectivity index is 1.99. The molecular formula is C13H17O+. The van der Waals surface area contributed by atoms with Crippen LogP contribution in [0.15, 0.2) is 22.6 Å². The van der Waals surface area contributed by atoms with Crippen LogP contribution in [0.25, 0.3) is 0 Å². The Kier molecular flexibility index (Phi) is 1.44. The van der Waals surface area contributed by atoms with Crippen LogP contribution in [0.4, 0.5) is 0 Å². The molecule has 2 aliphatic rings. The van der Waals surface area contributed by atoms with Crippen molar-refractivity contribution in [1.29, 1.82) is 0 Å². The van der Waals surface area contributed by atoms with E-state index in [0.717, 1.165) is 0 Å². The van der Waals surface area contributed by atoms with Crippen LogP contribution in [0.2, 0.25) is 0 Å². The molecule has 0 aromatic carbocycles. The van der Waals surface area contributed by atoms with Crippen molar-refractivity contribution < 1.29 is 4.42 Å². The lowest BCUT2D eigenvalue weighted by molar-refractivity contribution is 0.388. The summed E-state index contributed by atoms with van der Waals surface area (Å²) in [5.74, 6) is 2.39. The molecule has 0 unspecified atom stereocenters. The van der Waals surface area contributed by atoms with Gasteiger partial charge in [-0.05, 0) is 45.6 Å². The molecule has 0 radical (unpaired) electrons. The van der Waals surface area contributed by atoms with Crippen molar-refractivity contribution in [3.05, 3.63) is 29.7 Å². The lowest BCUT2D eigenvalue weighted by Gasteiger charge is -2.00. The van der Waals surface area contributed by atoms with Gasteiger partial charge in [-0.3, -0.25) is 0 Å². The van der Waals surface area contributed by atoms with Gasteiger partial charge in [0, 0.05) is 12.1 Å². The lowest BCUT2D eigenvalue weighted by Crippen LogP contribution is -2.04. The maximum absolute atomic E-state index is 6.03. The summed E-state index contributed by atoms with van der Waals surface area (Å²) in [6.07, 6.45) is 5.15. The Morgan fingerprint density at radius 2 is 1.36 bits per heavy atom. The topological polar surface area (TPSA) is 11.3 Å². The molecule has 1 aromatic rings. The van der Waals surface area contributed by atoms with Crippen molar-refractivity contribution in [2.24, 2.45) is 0 Å². The van der Waals surface area contributed by atoms with Gasteiger partial charge in [-0.25, -0.2) is 4.42 Å². The molecule has 0 atom stereocenters. The lowest BCUT2D eigenvalue weighted by atomic mass is 10.0. The first-order chi connectivity index (χ1) is 6.62. The van der Waals surface area contributed by atoms with E-state index in [9.17, 15) is 0 Å². The summed E-state index contributed by atoms with van der Waals surface area (Å²) >= 11 is 0. The van der Waals surface area contributed by atoms with Crippen LogP contribution in [0.1, 0.15) is 51.1 Å². The van der Waals surface area contributed by atoms with Crippen LogP contribution in [0.3, 0.4) is 0 Å². The Labute approximate surface area is 85.1 Å². The summed E-state index contributed by atoms with van der Waals surface area (Å²) in [6, 6.07) is 6.44. The summed E-state index contributed by atoms with van der Waals surface area (Å²) in [5.41, 5.74) is 0.725. The van der Waals surface area contributed by atoms with Gasteiger partial charge in [0.15, 0.2) is 0 Å². The fourth-order valence-electron chi connectivity index (χ4n) is 1.93. The van der Waals surface area contributed by atoms with E-state index in [4.69, 9.17) is 4.42 Å². The average Bonchev–Trinajstić information content (AvgIpc) is 3.08. The van der Waals surface area contributed by atoms with E-state index in [1.807, 2.05) is 0 Å². The van der Waals surface area contributed by atoms with Gasteiger partial charge in [-0.2, -0.15) is 0 Å². The third-order valence-corrected chi connectivity index (χ3v) is 3.90. The maximum atomic E-state index is 6.03. The molecule has 74 valence electrons. The van der Waals surface area contributed by atoms with Crippen LogP contribution in [0, 0.1) is 0 Å². The molecular weight excluding hydrogens is 172 g/mol. The minimum Gasteiger partial charge on any atom is -0.217 e. The highest BCUT2D eigenvalue weighted by Gasteiger charge is 2.52. The first-order valence-electron chi connectivity index (χ1n) is 5.57. The molecule has 0 spiro atoms. The summed E-state index contributed by atoms with van der Waals surface area (Å²) in [6.45, 7) is 4.59. The molecule has 0 amide bonds. The molecule has 1 heterocycles. The Hall–Kier alpha value is -0.850. The Morgan fingerprint density at radius 1 is 0.929 bits per heavy atom. The van der Waals surface area contributed by atoms with Crippen LogP contribution in [-0.4, -0.2) is 0 Å². The molecule has 14 heavy (non-hydrogen) atoms. The zero-order chi connectivity index (χ0) is 9.81. The van der Waals surface area contributed by atoms with E-state index in [1.54, 1.807) is 0 Å². The molecule has 0 aliphatic heterocycles. The van der Waals surface area contributed by atoms with Gasteiger partial charge in [-0.15, -0.1) is 0 Å². The fraction of sp³-hybridized carbons (Fsp3) is 0.615. The molecule has 2 aliphatic carbocycles. The largest absolute Gasteiger partial charge is 0.335 e. The third-order valence-electron chi connectivity index (χ3n) is 3.90. The molecule has 1 heteroatoms. The van der Waals surface area contributed by atoms with E-state index in [1.165, 1.54) is 37.2 Å². The highest BCUT2D eigenvalue weighted by atomic mass is 16.3. The van der Waals surface area contributed by atoms with Gasteiger partial charge in [-0.1, -0.05) is 0 Å². The minimum absolute atomic E-state index is 0.362. The summed E-state index contributed by atoms with van der Waals surface area (Å²) in [7, 11) is 0. The smallest absolute Gasteiger partial charge is 0.217 e. The van der Waals surface area contributed by atoms with Crippen LogP contribution >= 0.6 is 0 Å². The SMILES string of the molecule is CC1(c2cccc(C3(C)CC3)[o+]2)CC1. The second kappa shape index (κ2) is 2.39. The summed E-state index contributed by atoms with van der Waals surface area (Å²) in [4.78, 5) is 0. The Bertz CT molecular complexity index is 339. The van der Waals surface area contributed by atoms with Gasteiger partial charge in [0.2, 0.25) is 0 Å². The zero-order valence-corrected chi connectivity index (χ0v) is 8.97. The van der Waals surface area contributed by atoms with Gasteiger partial charge in [0.25, 0.3) is 0 Å². The highest BCUT2D eigenvalue weighted by Crippen LogP contribution is 2.51. The van der Waals surface area contributed by atoms with E-state index in [-0.39, 0.29) is 0 Å². The first kappa shape index (κ1) is 8.46. The molecule has 1 nitrogen and oxygen atoms in total. The predicted molar refractivity (Wildman–Crippen MR) is 56.3 cm³/mol. The monoisotopic (exact) mass is 189 g/mol. The molecule has 1 aromatic heterocycles. The van der Waals surface area contributed by atoms with Crippen molar-refractivity contribution in [3.63, 3.8) is 0 Å². The van der Waals surface area contributed by atoms with Gasteiger partial charge >= 0.3 is 11.5 Å². The number of hydrogen-bond acceptors (Lipinski definition) is 0. The average molecular weight is 189 g/mol. The van der Waals surface area contributed by atoms with Crippen molar-refractivity contribution in [3.8, 4) is 0 Å². The van der Waals surface area contributed by atoms with Crippen molar-refractivity contribution in [2.45, 2.75) is 50.4 Å². The highest BCUT2D eigenvalue weighted by molar-refractivity contribution is 5.26. The van der Waals surface area contributed by atoms with Gasteiger partial charge in [0.05, 0.1) is 10.8 Å². The molecule has 0 N–H and O–H groups in total.